The Morgan fingerprint density at radius 3 is 2.68 bits per heavy atom. The van der Waals surface area contributed by atoms with Crippen molar-refractivity contribution in [2.75, 3.05) is 18.0 Å². The number of para-hydroxylation sites is 2. The van der Waals surface area contributed by atoms with E-state index in [0.29, 0.717) is 31.3 Å². The van der Waals surface area contributed by atoms with Gasteiger partial charge in [-0.05, 0) is 55.2 Å². The first kappa shape index (κ1) is 19.9. The lowest BCUT2D eigenvalue weighted by atomic mass is 10.2. The lowest BCUT2D eigenvalue weighted by Crippen LogP contribution is -2.37. The summed E-state index contributed by atoms with van der Waals surface area (Å²) in [4.78, 5) is 22.5. The van der Waals surface area contributed by atoms with Crippen molar-refractivity contribution in [1.82, 2.24) is 15.3 Å². The maximum Gasteiger partial charge on any atom is 0.416 e. The molecule has 2 aromatic carbocycles. The molecule has 0 radical (unpaired) electrons. The quantitative estimate of drug-likeness (QED) is 0.630. The molecule has 0 bridgehead atoms. The van der Waals surface area contributed by atoms with E-state index in [4.69, 9.17) is 0 Å². The number of nitrogens with one attached hydrogen (secondary N) is 2. The van der Waals surface area contributed by atoms with Gasteiger partial charge in [0, 0.05) is 37.2 Å². The first-order valence-electron chi connectivity index (χ1n) is 10.5. The topological polar surface area (TPSA) is 61.0 Å². The maximum absolute atomic E-state index is 12.7. The van der Waals surface area contributed by atoms with Crippen molar-refractivity contribution in [2.45, 2.75) is 37.4 Å². The van der Waals surface area contributed by atoms with Crippen molar-refractivity contribution >= 4 is 22.6 Å². The van der Waals surface area contributed by atoms with Crippen LogP contribution in [0.2, 0.25) is 0 Å². The third kappa shape index (κ3) is 4.24. The van der Waals surface area contributed by atoms with Gasteiger partial charge in [-0.2, -0.15) is 13.2 Å². The molecule has 1 aliphatic heterocycles. The molecule has 2 heterocycles. The first-order chi connectivity index (χ1) is 14.9. The molecule has 1 aromatic heterocycles. The predicted octanol–water partition coefficient (Wildman–Crippen LogP) is 4.47. The molecule has 5 nitrogen and oxygen atoms in total. The molecule has 2 aliphatic rings. The summed E-state index contributed by atoms with van der Waals surface area (Å²) in [5, 5.41) is 3.09. The molecule has 1 saturated carbocycles. The van der Waals surface area contributed by atoms with Gasteiger partial charge < -0.3 is 15.2 Å². The number of rotatable bonds is 5. The zero-order valence-electron chi connectivity index (χ0n) is 16.8. The van der Waals surface area contributed by atoms with E-state index in [1.807, 2.05) is 29.2 Å². The summed E-state index contributed by atoms with van der Waals surface area (Å²) in [6, 6.07) is 13.1. The number of alkyl halides is 3. The summed E-state index contributed by atoms with van der Waals surface area (Å²) in [7, 11) is 0. The predicted molar refractivity (Wildman–Crippen MR) is 112 cm³/mol. The van der Waals surface area contributed by atoms with Crippen molar-refractivity contribution in [3.8, 4) is 0 Å². The molecule has 3 aromatic rings. The molecule has 5 rings (SSSR count). The van der Waals surface area contributed by atoms with E-state index >= 15 is 0 Å². The summed E-state index contributed by atoms with van der Waals surface area (Å²) >= 11 is 0. The van der Waals surface area contributed by atoms with Crippen LogP contribution in [0, 0.1) is 5.92 Å². The van der Waals surface area contributed by atoms with Crippen LogP contribution in [0.4, 0.5) is 18.9 Å². The fraction of sp³-hybridized carbons (Fsp3) is 0.391. The van der Waals surface area contributed by atoms with Gasteiger partial charge in [-0.25, -0.2) is 4.98 Å². The Hall–Kier alpha value is -3.03. The molecule has 31 heavy (non-hydrogen) atoms. The zero-order chi connectivity index (χ0) is 21.6. The number of halogens is 3. The molecular formula is C23H23F3N4O. The van der Waals surface area contributed by atoms with Crippen LogP contribution >= 0.6 is 0 Å². The van der Waals surface area contributed by atoms with Crippen molar-refractivity contribution in [3.05, 3.63) is 59.9 Å². The largest absolute Gasteiger partial charge is 0.416 e. The zero-order valence-corrected chi connectivity index (χ0v) is 16.8. The smallest absolute Gasteiger partial charge is 0.369 e. The van der Waals surface area contributed by atoms with E-state index < -0.39 is 11.7 Å². The first-order valence-corrected chi connectivity index (χ1v) is 10.5. The number of fused-ring (bicyclic) bond motifs is 1. The highest BCUT2D eigenvalue weighted by atomic mass is 19.4. The van der Waals surface area contributed by atoms with Crippen LogP contribution in [-0.2, 0) is 11.0 Å². The number of amides is 1. The second kappa shape index (κ2) is 7.59. The lowest BCUT2D eigenvalue weighted by Gasteiger charge is -2.20. The van der Waals surface area contributed by atoms with E-state index in [9.17, 15) is 18.0 Å². The van der Waals surface area contributed by atoms with Crippen LogP contribution in [-0.4, -0.2) is 35.0 Å². The van der Waals surface area contributed by atoms with Gasteiger partial charge in [0.1, 0.15) is 5.82 Å². The van der Waals surface area contributed by atoms with Gasteiger partial charge in [0.15, 0.2) is 0 Å². The highest BCUT2D eigenvalue weighted by molar-refractivity contribution is 5.78. The lowest BCUT2D eigenvalue weighted by molar-refractivity contribution is -0.137. The number of hydrogen-bond acceptors (Lipinski definition) is 3. The third-order valence-corrected chi connectivity index (χ3v) is 6.24. The van der Waals surface area contributed by atoms with Crippen LogP contribution in [0.1, 0.15) is 36.6 Å². The molecule has 3 atom stereocenters. The highest BCUT2D eigenvalue weighted by Gasteiger charge is 2.42. The van der Waals surface area contributed by atoms with Gasteiger partial charge in [0.25, 0.3) is 0 Å². The Kier molecular flexibility index (Phi) is 4.87. The number of carbonyl (C=O) groups excluding carboxylic acids is 1. The summed E-state index contributed by atoms with van der Waals surface area (Å²) in [6.45, 7) is 1.32. The van der Waals surface area contributed by atoms with Gasteiger partial charge in [-0.3, -0.25) is 4.79 Å². The minimum atomic E-state index is -4.33. The fourth-order valence-corrected chi connectivity index (χ4v) is 4.45. The van der Waals surface area contributed by atoms with Crippen LogP contribution in [0.25, 0.3) is 11.0 Å². The summed E-state index contributed by atoms with van der Waals surface area (Å²) < 4.78 is 38.2. The van der Waals surface area contributed by atoms with Crippen molar-refractivity contribution in [2.24, 2.45) is 5.92 Å². The maximum atomic E-state index is 12.7. The van der Waals surface area contributed by atoms with Gasteiger partial charge in [0.05, 0.1) is 16.6 Å². The van der Waals surface area contributed by atoms with Gasteiger partial charge in [-0.15, -0.1) is 0 Å². The molecule has 1 saturated heterocycles. The average molecular weight is 428 g/mol. The molecule has 0 unspecified atom stereocenters. The van der Waals surface area contributed by atoms with Gasteiger partial charge in [-0.1, -0.05) is 12.1 Å². The molecule has 162 valence electrons. The van der Waals surface area contributed by atoms with Crippen LogP contribution < -0.4 is 10.2 Å². The molecule has 2 fully saturated rings. The Balaban J connectivity index is 1.12. The highest BCUT2D eigenvalue weighted by Crippen LogP contribution is 2.48. The van der Waals surface area contributed by atoms with E-state index in [2.05, 4.69) is 15.3 Å². The average Bonchev–Trinajstić information content (AvgIpc) is 3.14. The monoisotopic (exact) mass is 428 g/mol. The molecule has 8 heteroatoms. The second-order valence-corrected chi connectivity index (χ2v) is 8.49. The fourth-order valence-electron chi connectivity index (χ4n) is 4.45. The number of anilines is 1. The number of benzene rings is 2. The second-order valence-electron chi connectivity index (χ2n) is 8.49. The van der Waals surface area contributed by atoms with Crippen LogP contribution in [0.3, 0.4) is 0 Å². The minimum Gasteiger partial charge on any atom is -0.369 e. The number of H-pyrrole nitrogens is 1. The molecule has 1 aliphatic carbocycles. The van der Waals surface area contributed by atoms with Gasteiger partial charge in [0.2, 0.25) is 5.91 Å². The van der Waals surface area contributed by atoms with E-state index in [-0.39, 0.29) is 11.9 Å². The van der Waals surface area contributed by atoms with Crippen molar-refractivity contribution in [1.29, 1.82) is 0 Å². The van der Waals surface area contributed by atoms with Crippen LogP contribution in [0.5, 0.6) is 0 Å². The molecule has 2 N–H and O–H groups in total. The van der Waals surface area contributed by atoms with Gasteiger partial charge >= 0.3 is 6.18 Å². The van der Waals surface area contributed by atoms with E-state index in [1.54, 1.807) is 0 Å². The molecule has 1 amide bonds. The standard InChI is InChI=1S/C23H23F3N4O/c24-23(25,26)15-5-7-17(8-6-15)30-10-9-16(13-30)27-21(31)12-14-11-18(14)22-28-19-3-1-2-4-20(19)29-22/h1-8,14,16,18H,9-13H2,(H,27,31)(H,28,29)/t14-,16+,18-/m0/s1. The number of nitrogens with zero attached hydrogens (tertiary/aromatic N) is 2. The SMILES string of the molecule is O=C(C[C@@H]1C[C@@H]1c1nc2ccccc2[nH]1)N[C@@H]1CCN(c2ccc(C(F)(F)F)cc2)C1. The number of carbonyl (C=O) groups is 1. The number of aromatic amines is 1. The van der Waals surface area contributed by atoms with Crippen molar-refractivity contribution in [3.63, 3.8) is 0 Å². The number of imidazole rings is 1. The summed E-state index contributed by atoms with van der Waals surface area (Å²) in [5.74, 6) is 1.58. The summed E-state index contributed by atoms with van der Waals surface area (Å²) in [6.07, 6.45) is -2.12. The Bertz CT molecular complexity index is 1060. The Morgan fingerprint density at radius 1 is 1.16 bits per heavy atom. The minimum absolute atomic E-state index is 0.0122. The molecular weight excluding hydrogens is 405 g/mol. The third-order valence-electron chi connectivity index (χ3n) is 6.24. The normalized spacial score (nSPS) is 23.3. The number of hydrogen-bond donors (Lipinski definition) is 2. The number of aromatic nitrogens is 2. The van der Waals surface area contributed by atoms with E-state index in [1.165, 1.54) is 12.1 Å². The van der Waals surface area contributed by atoms with Crippen LogP contribution in [0.15, 0.2) is 48.5 Å². The Labute approximate surface area is 177 Å². The Morgan fingerprint density at radius 2 is 1.94 bits per heavy atom. The van der Waals surface area contributed by atoms with E-state index in [0.717, 1.165) is 47.5 Å². The molecule has 0 spiro atoms. The summed E-state index contributed by atoms with van der Waals surface area (Å²) in [5.41, 5.74) is 2.06. The van der Waals surface area contributed by atoms with Crippen molar-refractivity contribution < 1.29 is 18.0 Å².